The Kier molecular flexibility index (Phi) is 6.12. The van der Waals surface area contributed by atoms with E-state index in [0.29, 0.717) is 16.0 Å². The molecule has 0 spiro atoms. The summed E-state index contributed by atoms with van der Waals surface area (Å²) in [4.78, 5) is 11.0. The predicted molar refractivity (Wildman–Crippen MR) is 113 cm³/mol. The van der Waals surface area contributed by atoms with Crippen LogP contribution in [0.5, 0.6) is 0 Å². The Morgan fingerprint density at radius 3 is 2.04 bits per heavy atom. The van der Waals surface area contributed by atoms with Crippen molar-refractivity contribution >= 4 is 21.4 Å². The quantitative estimate of drug-likeness (QED) is 0.640. The van der Waals surface area contributed by atoms with Crippen molar-refractivity contribution in [1.82, 2.24) is 0 Å². The maximum Gasteiger partial charge on any atom is 0.193 e. The van der Waals surface area contributed by atoms with E-state index in [1.165, 1.54) is 10.9 Å². The fourth-order valence-electron chi connectivity index (χ4n) is 4.22. The Balaban J connectivity index is 2.41. The second kappa shape index (κ2) is 7.41. The van der Waals surface area contributed by atoms with Crippen molar-refractivity contribution in [3.8, 4) is 0 Å². The lowest BCUT2D eigenvalue weighted by Gasteiger charge is -2.46. The van der Waals surface area contributed by atoms with Crippen LogP contribution in [0.15, 0.2) is 53.4 Å². The van der Waals surface area contributed by atoms with Gasteiger partial charge in [-0.25, -0.2) is 4.89 Å². The van der Waals surface area contributed by atoms with E-state index in [1.54, 1.807) is 0 Å². The molecule has 0 saturated heterocycles. The summed E-state index contributed by atoms with van der Waals surface area (Å²) in [6, 6.07) is 10.2. The summed E-state index contributed by atoms with van der Waals surface area (Å²) in [6.45, 7) is 16.7. The van der Waals surface area contributed by atoms with Crippen LogP contribution in [0.1, 0.15) is 54.9 Å². The first-order valence-corrected chi connectivity index (χ1v) is 11.7. The van der Waals surface area contributed by atoms with Gasteiger partial charge < -0.3 is 0 Å². The van der Waals surface area contributed by atoms with Crippen molar-refractivity contribution in [2.75, 3.05) is 0 Å². The summed E-state index contributed by atoms with van der Waals surface area (Å²) in [5.74, 6) is 0. The topological polar surface area (TPSA) is 20.2 Å². The van der Waals surface area contributed by atoms with Crippen molar-refractivity contribution in [1.29, 1.82) is 0 Å². The number of allylic oxidation sites excluding steroid dienone is 4. The Labute approximate surface area is 150 Å². The molecule has 132 valence electrons. The summed E-state index contributed by atoms with van der Waals surface area (Å²) in [5, 5.41) is 2.90. The zero-order valence-electron chi connectivity index (χ0n) is 16.2. The van der Waals surface area contributed by atoms with Crippen molar-refractivity contribution in [2.45, 2.75) is 70.9 Å². The monoisotopic (exact) mass is 363 g/mol. The molecular formula is C21H33OP2+. The van der Waals surface area contributed by atoms with Crippen LogP contribution >= 0.6 is 16.1 Å². The van der Waals surface area contributed by atoms with Gasteiger partial charge in [-0.2, -0.15) is 0 Å². The highest BCUT2D eigenvalue weighted by Gasteiger charge is 2.41. The molecule has 1 aromatic rings. The highest BCUT2D eigenvalue weighted by atomic mass is 31.1. The molecule has 3 heteroatoms. The number of benzene rings is 1. The molecular weight excluding hydrogens is 330 g/mol. The maximum atomic E-state index is 11.0. The van der Waals surface area contributed by atoms with E-state index in [-0.39, 0.29) is 7.92 Å². The van der Waals surface area contributed by atoms with Crippen molar-refractivity contribution in [3.05, 3.63) is 53.4 Å². The summed E-state index contributed by atoms with van der Waals surface area (Å²) < 4.78 is 0. The Hall–Kier alpha value is -0.480. The van der Waals surface area contributed by atoms with Crippen LogP contribution in [-0.4, -0.2) is 20.9 Å². The molecule has 0 radical (unpaired) electrons. The minimum absolute atomic E-state index is 0.228. The van der Waals surface area contributed by atoms with E-state index in [0.717, 1.165) is 11.7 Å². The summed E-state index contributed by atoms with van der Waals surface area (Å²) >= 11 is 0. The van der Waals surface area contributed by atoms with E-state index < -0.39 is 8.15 Å². The Bertz CT molecular complexity index is 603. The number of hydrogen-bond donors (Lipinski definition) is 1. The molecule has 0 aromatic heterocycles. The van der Waals surface area contributed by atoms with E-state index in [2.05, 4.69) is 72.8 Å². The molecule has 0 fully saturated rings. The number of rotatable bonds is 4. The van der Waals surface area contributed by atoms with Crippen LogP contribution in [-0.2, 0) is 0 Å². The maximum absolute atomic E-state index is 11.0. The fraction of sp³-hybridized carbons (Fsp3) is 0.524. The van der Waals surface area contributed by atoms with Crippen LogP contribution < -0.4 is 5.30 Å². The zero-order chi connectivity index (χ0) is 18.1. The largest absolute Gasteiger partial charge is 0.243 e. The minimum atomic E-state index is -1.66. The molecule has 0 heterocycles. The lowest BCUT2D eigenvalue weighted by molar-refractivity contribution is 0.641. The van der Waals surface area contributed by atoms with E-state index in [1.807, 2.05) is 18.2 Å². The smallest absolute Gasteiger partial charge is 0.193 e. The molecule has 0 saturated carbocycles. The van der Waals surface area contributed by atoms with Gasteiger partial charge in [-0.3, -0.25) is 0 Å². The molecule has 1 aliphatic rings. The fourth-order valence-corrected chi connectivity index (χ4v) is 11.0. The lowest BCUT2D eigenvalue weighted by atomic mass is 10.2. The summed E-state index contributed by atoms with van der Waals surface area (Å²) in [7, 11) is -1.89. The number of hydrogen-bond acceptors (Lipinski definition) is 1. The molecule has 2 atom stereocenters. The first kappa shape index (κ1) is 19.8. The third kappa shape index (κ3) is 4.37. The van der Waals surface area contributed by atoms with Crippen LogP contribution in [0.3, 0.4) is 0 Å². The average molecular weight is 363 g/mol. The van der Waals surface area contributed by atoms with Gasteiger partial charge in [-0.05, 0) is 40.5 Å². The first-order valence-electron chi connectivity index (χ1n) is 8.84. The summed E-state index contributed by atoms with van der Waals surface area (Å²) in [6.07, 6.45) is 5.43. The summed E-state index contributed by atoms with van der Waals surface area (Å²) in [5.41, 5.74) is 2.01. The Morgan fingerprint density at radius 2 is 1.54 bits per heavy atom. The normalized spacial score (nSPS) is 18.4. The van der Waals surface area contributed by atoms with E-state index in [9.17, 15) is 4.89 Å². The van der Waals surface area contributed by atoms with Crippen LogP contribution in [0.25, 0.3) is 0 Å². The van der Waals surface area contributed by atoms with Gasteiger partial charge in [-0.1, -0.05) is 80.7 Å². The first-order chi connectivity index (χ1) is 11.0. The second-order valence-corrected chi connectivity index (χ2v) is 14.7. The Morgan fingerprint density at radius 1 is 1.00 bits per heavy atom. The van der Waals surface area contributed by atoms with Crippen molar-refractivity contribution in [3.63, 3.8) is 0 Å². The molecule has 0 aliphatic heterocycles. The zero-order valence-corrected chi connectivity index (χ0v) is 18.1. The standard InChI is InChI=1S/C21H32OP2/c1-16(24(20(2,3)4)21(5,6)7)18-14-11-15-19(18)23(22)17-12-9-8-10-13-17/h8-13,15-16,22H,14H2,1-7H3/p+1/t16-,23?/m1/s1. The molecule has 24 heavy (non-hydrogen) atoms. The molecule has 1 aromatic carbocycles. The van der Waals surface area contributed by atoms with E-state index in [4.69, 9.17) is 0 Å². The van der Waals surface area contributed by atoms with Gasteiger partial charge in [0.25, 0.3) is 0 Å². The highest BCUT2D eigenvalue weighted by molar-refractivity contribution is 7.65. The average Bonchev–Trinajstić information content (AvgIpc) is 2.93. The molecule has 1 nitrogen and oxygen atoms in total. The predicted octanol–water partition coefficient (Wildman–Crippen LogP) is 6.11. The van der Waals surface area contributed by atoms with Crippen LogP contribution in [0.4, 0.5) is 0 Å². The van der Waals surface area contributed by atoms with Gasteiger partial charge in [0.15, 0.2) is 8.15 Å². The van der Waals surface area contributed by atoms with Gasteiger partial charge >= 0.3 is 0 Å². The van der Waals surface area contributed by atoms with Gasteiger partial charge in [0.1, 0.15) is 10.6 Å². The van der Waals surface area contributed by atoms with Gasteiger partial charge in [0.2, 0.25) is 0 Å². The molecule has 0 bridgehead atoms. The third-order valence-electron chi connectivity index (χ3n) is 4.61. The third-order valence-corrected chi connectivity index (χ3v) is 10.5. The second-order valence-electron chi connectivity index (χ2n) is 8.65. The van der Waals surface area contributed by atoms with Crippen molar-refractivity contribution in [2.24, 2.45) is 0 Å². The van der Waals surface area contributed by atoms with Crippen molar-refractivity contribution < 1.29 is 4.89 Å². The van der Waals surface area contributed by atoms with Gasteiger partial charge in [0.05, 0.1) is 0 Å². The molecule has 0 amide bonds. The minimum Gasteiger partial charge on any atom is -0.243 e. The van der Waals surface area contributed by atoms with Crippen LogP contribution in [0.2, 0.25) is 0 Å². The SMILES string of the molecule is C[C@H](C1=C([PH+](O)c2ccccc2)C=CC1)P(C(C)(C)C)C(C)(C)C. The van der Waals surface area contributed by atoms with Crippen LogP contribution in [0, 0.1) is 0 Å². The molecule has 1 aliphatic carbocycles. The van der Waals surface area contributed by atoms with Gasteiger partial charge in [-0.15, -0.1) is 0 Å². The van der Waals surface area contributed by atoms with E-state index >= 15 is 0 Å². The highest BCUT2D eigenvalue weighted by Crippen LogP contribution is 2.65. The molecule has 1 N–H and O–H groups in total. The lowest BCUT2D eigenvalue weighted by Crippen LogP contribution is -2.31. The van der Waals surface area contributed by atoms with Gasteiger partial charge in [0, 0.05) is 5.66 Å². The molecule has 1 unspecified atom stereocenters. The molecule has 2 rings (SSSR count).